The van der Waals surface area contributed by atoms with Crippen LogP contribution in [0.4, 0.5) is 0 Å². The zero-order chi connectivity index (χ0) is 12.6. The number of pyridine rings is 1. The van der Waals surface area contributed by atoms with Crippen molar-refractivity contribution in [3.63, 3.8) is 0 Å². The third-order valence-corrected chi connectivity index (χ3v) is 2.39. The van der Waals surface area contributed by atoms with Crippen LogP contribution in [0.5, 0.6) is 0 Å². The molecule has 0 spiro atoms. The second-order valence-electron chi connectivity index (χ2n) is 3.76. The molecule has 0 saturated carbocycles. The number of nitrogens with zero attached hydrogens (tertiary/aromatic N) is 1. The molecule has 1 aromatic heterocycles. The highest BCUT2D eigenvalue weighted by Gasteiger charge is 1.90. The van der Waals surface area contributed by atoms with Crippen molar-refractivity contribution < 1.29 is 4.79 Å². The minimum Gasteiger partial charge on any atom is -0.290 e. The normalized spacial score (nSPS) is 10.5. The molecule has 0 radical (unpaired) electrons. The van der Waals surface area contributed by atoms with Gasteiger partial charge in [0.25, 0.3) is 0 Å². The number of aromatic nitrogens is 1. The summed E-state index contributed by atoms with van der Waals surface area (Å²) in [6.45, 7) is 0. The van der Waals surface area contributed by atoms with Crippen molar-refractivity contribution in [2.75, 3.05) is 0 Å². The van der Waals surface area contributed by atoms with Gasteiger partial charge in [0.05, 0.1) is 0 Å². The van der Waals surface area contributed by atoms with Crippen LogP contribution in [0.3, 0.4) is 0 Å². The summed E-state index contributed by atoms with van der Waals surface area (Å²) in [4.78, 5) is 15.5. The lowest BCUT2D eigenvalue weighted by Crippen LogP contribution is -1.84. The summed E-state index contributed by atoms with van der Waals surface area (Å²) in [5.74, 6) is -0.0318. The fourth-order valence-electron chi connectivity index (χ4n) is 1.45. The van der Waals surface area contributed by atoms with Gasteiger partial charge in [0.1, 0.15) is 0 Å². The van der Waals surface area contributed by atoms with E-state index in [9.17, 15) is 4.79 Å². The average Bonchev–Trinajstić information content (AvgIpc) is 2.45. The van der Waals surface area contributed by atoms with E-state index in [1.165, 1.54) is 0 Å². The molecule has 2 aromatic rings. The molecule has 0 N–H and O–H groups in total. The maximum Gasteiger partial charge on any atom is 0.178 e. The highest BCUT2D eigenvalue weighted by atomic mass is 35.5. The molecule has 0 aliphatic rings. The summed E-state index contributed by atoms with van der Waals surface area (Å²) in [5, 5.41) is 0. The number of carbonyl (C=O) groups excluding carboxylic acids is 1. The van der Waals surface area contributed by atoms with E-state index < -0.39 is 0 Å². The molecule has 0 unspecified atom stereocenters. The standard InChI is InChI=1S/C16H13NO.ClH/c18-16(8-6-14-4-2-1-3-5-14)9-7-15-10-12-17-13-11-15;/h1-13H;1H. The zero-order valence-corrected chi connectivity index (χ0v) is 11.1. The topological polar surface area (TPSA) is 30.0 Å². The van der Waals surface area contributed by atoms with Gasteiger partial charge in [-0.25, -0.2) is 0 Å². The Morgan fingerprint density at radius 3 is 1.95 bits per heavy atom. The molecule has 2 rings (SSSR count). The fraction of sp³-hybridized carbons (Fsp3) is 0. The van der Waals surface area contributed by atoms with Crippen LogP contribution in [0.25, 0.3) is 12.2 Å². The summed E-state index contributed by atoms with van der Waals surface area (Å²) in [7, 11) is 0. The van der Waals surface area contributed by atoms with Crippen LogP contribution in [0.2, 0.25) is 0 Å². The number of hydrogen-bond acceptors (Lipinski definition) is 2. The Bertz CT molecular complexity index is 510. The largest absolute Gasteiger partial charge is 0.290 e. The van der Waals surface area contributed by atoms with Crippen LogP contribution in [-0.4, -0.2) is 10.8 Å². The van der Waals surface area contributed by atoms with Crippen molar-refractivity contribution in [3.8, 4) is 0 Å². The summed E-state index contributed by atoms with van der Waals surface area (Å²) in [6, 6.07) is 13.4. The number of allylic oxidation sites excluding steroid dienone is 2. The second kappa shape index (κ2) is 8.01. The van der Waals surface area contributed by atoms with E-state index in [-0.39, 0.29) is 18.2 Å². The Morgan fingerprint density at radius 1 is 0.842 bits per heavy atom. The van der Waals surface area contributed by atoms with Crippen LogP contribution in [-0.2, 0) is 4.79 Å². The van der Waals surface area contributed by atoms with Crippen LogP contribution in [0.1, 0.15) is 11.1 Å². The number of carbonyl (C=O) groups is 1. The van der Waals surface area contributed by atoms with Crippen LogP contribution in [0.15, 0.2) is 67.0 Å². The third kappa shape index (κ3) is 5.32. The number of halogens is 1. The van der Waals surface area contributed by atoms with Gasteiger partial charge in [-0.2, -0.15) is 0 Å². The average molecular weight is 272 g/mol. The summed E-state index contributed by atoms with van der Waals surface area (Å²) >= 11 is 0. The molecule has 0 aliphatic heterocycles. The Hall–Kier alpha value is -2.19. The zero-order valence-electron chi connectivity index (χ0n) is 10.3. The molecule has 0 saturated heterocycles. The monoisotopic (exact) mass is 271 g/mol. The number of rotatable bonds is 4. The predicted molar refractivity (Wildman–Crippen MR) is 81.0 cm³/mol. The molecule has 0 aliphatic carbocycles. The van der Waals surface area contributed by atoms with Crippen molar-refractivity contribution >= 4 is 30.3 Å². The molecule has 0 atom stereocenters. The minimum absolute atomic E-state index is 0. The fourth-order valence-corrected chi connectivity index (χ4v) is 1.45. The van der Waals surface area contributed by atoms with Crippen LogP contribution >= 0.6 is 12.4 Å². The van der Waals surface area contributed by atoms with Gasteiger partial charge < -0.3 is 0 Å². The van der Waals surface area contributed by atoms with E-state index in [1.807, 2.05) is 42.5 Å². The van der Waals surface area contributed by atoms with Crippen molar-refractivity contribution in [2.45, 2.75) is 0 Å². The van der Waals surface area contributed by atoms with E-state index >= 15 is 0 Å². The SMILES string of the molecule is Cl.O=C(C=Cc1ccccc1)C=Cc1ccncc1. The smallest absolute Gasteiger partial charge is 0.178 e. The van der Waals surface area contributed by atoms with Gasteiger partial charge >= 0.3 is 0 Å². The molecular weight excluding hydrogens is 258 g/mol. The number of ketones is 1. The maximum absolute atomic E-state index is 11.6. The first-order valence-corrected chi connectivity index (χ1v) is 5.70. The van der Waals surface area contributed by atoms with Crippen molar-refractivity contribution in [1.82, 2.24) is 4.98 Å². The van der Waals surface area contributed by atoms with Gasteiger partial charge in [-0.3, -0.25) is 9.78 Å². The van der Waals surface area contributed by atoms with E-state index in [1.54, 1.807) is 36.7 Å². The molecule has 96 valence electrons. The molecular formula is C16H14ClNO. The molecule has 19 heavy (non-hydrogen) atoms. The van der Waals surface area contributed by atoms with Crippen molar-refractivity contribution in [2.24, 2.45) is 0 Å². The lowest BCUT2D eigenvalue weighted by molar-refractivity contribution is -0.110. The second-order valence-corrected chi connectivity index (χ2v) is 3.76. The molecule has 2 nitrogen and oxygen atoms in total. The first kappa shape index (κ1) is 14.9. The Kier molecular flexibility index (Phi) is 6.27. The molecule has 0 fully saturated rings. The molecule has 1 heterocycles. The van der Waals surface area contributed by atoms with Crippen molar-refractivity contribution in [1.29, 1.82) is 0 Å². The minimum atomic E-state index is -0.0318. The van der Waals surface area contributed by atoms with Gasteiger partial charge in [-0.15, -0.1) is 12.4 Å². The van der Waals surface area contributed by atoms with E-state index in [4.69, 9.17) is 0 Å². The Morgan fingerprint density at radius 2 is 1.37 bits per heavy atom. The first-order valence-electron chi connectivity index (χ1n) is 5.70. The lowest BCUT2D eigenvalue weighted by Gasteiger charge is -1.91. The molecule has 0 bridgehead atoms. The van der Waals surface area contributed by atoms with Gasteiger partial charge in [-0.1, -0.05) is 42.5 Å². The van der Waals surface area contributed by atoms with Crippen LogP contribution < -0.4 is 0 Å². The third-order valence-electron chi connectivity index (χ3n) is 2.39. The summed E-state index contributed by atoms with van der Waals surface area (Å²) < 4.78 is 0. The Labute approximate surface area is 118 Å². The number of benzene rings is 1. The molecule has 1 aromatic carbocycles. The first-order chi connectivity index (χ1) is 8.84. The van der Waals surface area contributed by atoms with Crippen LogP contribution in [0, 0.1) is 0 Å². The van der Waals surface area contributed by atoms with E-state index in [0.717, 1.165) is 11.1 Å². The summed E-state index contributed by atoms with van der Waals surface area (Å²) in [6.07, 6.45) is 10.1. The van der Waals surface area contributed by atoms with Gasteiger partial charge in [0.15, 0.2) is 5.78 Å². The highest BCUT2D eigenvalue weighted by molar-refractivity contribution is 6.04. The molecule has 3 heteroatoms. The predicted octanol–water partition coefficient (Wildman–Crippen LogP) is 3.80. The summed E-state index contributed by atoms with van der Waals surface area (Å²) in [5.41, 5.74) is 1.98. The number of hydrogen-bond donors (Lipinski definition) is 0. The quantitative estimate of drug-likeness (QED) is 0.792. The van der Waals surface area contributed by atoms with Gasteiger partial charge in [0.2, 0.25) is 0 Å². The van der Waals surface area contributed by atoms with E-state index in [2.05, 4.69) is 4.98 Å². The van der Waals surface area contributed by atoms with Crippen molar-refractivity contribution in [3.05, 3.63) is 78.1 Å². The lowest BCUT2D eigenvalue weighted by atomic mass is 10.2. The Balaban J connectivity index is 0.00000180. The van der Waals surface area contributed by atoms with Gasteiger partial charge in [0, 0.05) is 12.4 Å². The van der Waals surface area contributed by atoms with E-state index in [0.29, 0.717) is 0 Å². The molecule has 0 amide bonds. The van der Waals surface area contributed by atoms with Gasteiger partial charge in [-0.05, 0) is 35.4 Å². The maximum atomic E-state index is 11.6. The highest BCUT2D eigenvalue weighted by Crippen LogP contribution is 2.02.